The lowest BCUT2D eigenvalue weighted by Gasteiger charge is -2.18. The Morgan fingerprint density at radius 1 is 1.16 bits per heavy atom. The molecule has 0 aliphatic heterocycles. The number of hydrogen-bond donors (Lipinski definition) is 0. The summed E-state index contributed by atoms with van der Waals surface area (Å²) in [4.78, 5) is 6.76. The number of fused-ring (bicyclic) bond motifs is 1. The highest BCUT2D eigenvalue weighted by molar-refractivity contribution is 9.10. The van der Waals surface area contributed by atoms with Crippen molar-refractivity contribution in [2.75, 3.05) is 11.9 Å². The topological polar surface area (TPSA) is 16.1 Å². The second-order valence-electron chi connectivity index (χ2n) is 4.41. The predicted octanol–water partition coefficient (Wildman–Crippen LogP) is 5.14. The third-order valence-electron chi connectivity index (χ3n) is 3.17. The third-order valence-corrected chi connectivity index (χ3v) is 4.96. The molecule has 4 heteroatoms. The highest BCUT2D eigenvalue weighted by atomic mass is 79.9. The molecule has 0 saturated heterocycles. The van der Waals surface area contributed by atoms with Gasteiger partial charge in [0.15, 0.2) is 0 Å². The number of hydrogen-bond acceptors (Lipinski definition) is 3. The summed E-state index contributed by atoms with van der Waals surface area (Å²) in [6.45, 7) is 2.01. The number of nitrogens with zero attached hydrogens (tertiary/aromatic N) is 2. The van der Waals surface area contributed by atoms with Crippen molar-refractivity contribution in [3.8, 4) is 0 Å². The van der Waals surface area contributed by atoms with Gasteiger partial charge >= 0.3 is 0 Å². The first-order valence-electron chi connectivity index (χ1n) is 6.00. The first-order valence-corrected chi connectivity index (χ1v) is 7.67. The molecule has 0 atom stereocenters. The minimum absolute atomic E-state index is 0.962. The van der Waals surface area contributed by atoms with Crippen LogP contribution in [-0.4, -0.2) is 12.0 Å². The lowest BCUT2D eigenvalue weighted by atomic mass is 10.2. The highest BCUT2D eigenvalue weighted by Gasteiger charge is 2.11. The summed E-state index contributed by atoms with van der Waals surface area (Å²) in [5.74, 6) is 0.962. The molecule has 2 nitrogen and oxygen atoms in total. The molecule has 96 valence electrons. The van der Waals surface area contributed by atoms with Gasteiger partial charge in [-0.25, -0.2) is 4.98 Å². The quantitative estimate of drug-likeness (QED) is 0.646. The van der Waals surface area contributed by atoms with Gasteiger partial charge in [-0.3, -0.25) is 0 Å². The van der Waals surface area contributed by atoms with Crippen LogP contribution in [-0.2, 0) is 0 Å². The number of halogens is 1. The van der Waals surface area contributed by atoms with Crippen LogP contribution in [0.4, 0.5) is 11.5 Å². The van der Waals surface area contributed by atoms with E-state index in [2.05, 4.69) is 62.5 Å². The molecule has 1 aromatic carbocycles. The fourth-order valence-electron chi connectivity index (χ4n) is 2.06. The molecule has 0 radical (unpaired) electrons. The minimum Gasteiger partial charge on any atom is -0.328 e. The van der Waals surface area contributed by atoms with Crippen molar-refractivity contribution in [3.63, 3.8) is 0 Å². The van der Waals surface area contributed by atoms with E-state index in [1.807, 2.05) is 19.1 Å². The number of anilines is 2. The van der Waals surface area contributed by atoms with Crippen LogP contribution in [0.1, 0.15) is 5.69 Å². The van der Waals surface area contributed by atoms with Crippen LogP contribution in [0.25, 0.3) is 10.1 Å². The molecule has 0 spiro atoms. The van der Waals surface area contributed by atoms with Crippen molar-refractivity contribution in [1.82, 2.24) is 4.98 Å². The van der Waals surface area contributed by atoms with Gasteiger partial charge in [0.25, 0.3) is 0 Å². The Bertz CT molecular complexity index is 736. The van der Waals surface area contributed by atoms with E-state index in [0.29, 0.717) is 0 Å². The summed E-state index contributed by atoms with van der Waals surface area (Å²) in [5.41, 5.74) is 2.21. The monoisotopic (exact) mass is 332 g/mol. The van der Waals surface area contributed by atoms with Crippen LogP contribution in [0.15, 0.2) is 46.3 Å². The molecule has 0 aliphatic rings. The summed E-state index contributed by atoms with van der Waals surface area (Å²) < 4.78 is 2.35. The first kappa shape index (κ1) is 12.6. The first-order chi connectivity index (χ1) is 9.16. The van der Waals surface area contributed by atoms with E-state index in [1.165, 1.54) is 15.8 Å². The molecule has 19 heavy (non-hydrogen) atoms. The van der Waals surface area contributed by atoms with Gasteiger partial charge in [0.05, 0.1) is 11.4 Å². The van der Waals surface area contributed by atoms with Crippen molar-refractivity contribution in [3.05, 3.63) is 51.9 Å². The molecule has 0 aliphatic carbocycles. The number of rotatable bonds is 2. The second kappa shape index (κ2) is 4.94. The van der Waals surface area contributed by atoms with E-state index in [-0.39, 0.29) is 0 Å². The molecule has 2 aromatic heterocycles. The summed E-state index contributed by atoms with van der Waals surface area (Å²) in [5, 5.41) is 3.46. The summed E-state index contributed by atoms with van der Waals surface area (Å²) >= 11 is 5.25. The van der Waals surface area contributed by atoms with Gasteiger partial charge in [0, 0.05) is 27.0 Å². The summed E-state index contributed by atoms with van der Waals surface area (Å²) in [6, 6.07) is 12.5. The van der Waals surface area contributed by atoms with Gasteiger partial charge < -0.3 is 4.90 Å². The molecule has 3 aromatic rings. The number of benzene rings is 1. The standard InChI is InChI=1S/C15H13BrN2S/c1-10-12(16)7-8-15(17-10)18(2)13-9-19-14-6-4-3-5-11(13)14/h3-9H,1-2H3. The number of thiophene rings is 1. The van der Waals surface area contributed by atoms with Crippen molar-refractivity contribution in [2.45, 2.75) is 6.92 Å². The predicted molar refractivity (Wildman–Crippen MR) is 86.6 cm³/mol. The Labute approximate surface area is 124 Å². The summed E-state index contributed by atoms with van der Waals surface area (Å²) in [7, 11) is 2.06. The Hall–Kier alpha value is -1.39. The van der Waals surface area contributed by atoms with Crippen molar-refractivity contribution in [1.29, 1.82) is 0 Å². The van der Waals surface area contributed by atoms with Gasteiger partial charge in [-0.2, -0.15) is 0 Å². The molecule has 0 amide bonds. The molecule has 0 unspecified atom stereocenters. The van der Waals surface area contributed by atoms with Crippen LogP contribution in [0.2, 0.25) is 0 Å². The molecular weight excluding hydrogens is 320 g/mol. The molecule has 2 heterocycles. The minimum atomic E-state index is 0.962. The normalized spacial score (nSPS) is 10.9. The van der Waals surface area contributed by atoms with Crippen molar-refractivity contribution >= 4 is 48.9 Å². The summed E-state index contributed by atoms with van der Waals surface area (Å²) in [6.07, 6.45) is 0. The smallest absolute Gasteiger partial charge is 0.133 e. The van der Waals surface area contributed by atoms with Crippen LogP contribution in [0.5, 0.6) is 0 Å². The fraction of sp³-hybridized carbons (Fsp3) is 0.133. The van der Waals surface area contributed by atoms with Crippen molar-refractivity contribution < 1.29 is 0 Å². The van der Waals surface area contributed by atoms with Crippen LogP contribution < -0.4 is 4.90 Å². The van der Waals surface area contributed by atoms with Crippen LogP contribution >= 0.6 is 27.3 Å². The molecule has 3 rings (SSSR count). The maximum Gasteiger partial charge on any atom is 0.133 e. The van der Waals surface area contributed by atoms with E-state index in [4.69, 9.17) is 0 Å². The van der Waals surface area contributed by atoms with Crippen molar-refractivity contribution in [2.24, 2.45) is 0 Å². The largest absolute Gasteiger partial charge is 0.328 e. The third kappa shape index (κ3) is 2.26. The molecule has 0 N–H and O–H groups in total. The second-order valence-corrected chi connectivity index (χ2v) is 6.18. The SMILES string of the molecule is Cc1nc(N(C)c2csc3ccccc23)ccc1Br. The van der Waals surface area contributed by atoms with E-state index in [1.54, 1.807) is 11.3 Å². The van der Waals surface area contributed by atoms with Gasteiger partial charge in [-0.1, -0.05) is 18.2 Å². The Balaban J connectivity index is 2.08. The molecule has 0 saturated carbocycles. The van der Waals surface area contributed by atoms with Crippen LogP contribution in [0.3, 0.4) is 0 Å². The number of aromatic nitrogens is 1. The van der Waals surface area contributed by atoms with Gasteiger partial charge in [-0.05, 0) is 41.1 Å². The molecule has 0 fully saturated rings. The van der Waals surface area contributed by atoms with Gasteiger partial charge in [0.1, 0.15) is 5.82 Å². The zero-order valence-electron chi connectivity index (χ0n) is 10.7. The highest BCUT2D eigenvalue weighted by Crippen LogP contribution is 2.35. The molecular formula is C15H13BrN2S. The average Bonchev–Trinajstić information content (AvgIpc) is 2.85. The van der Waals surface area contributed by atoms with E-state index in [9.17, 15) is 0 Å². The maximum absolute atomic E-state index is 4.62. The Morgan fingerprint density at radius 3 is 2.74 bits per heavy atom. The van der Waals surface area contributed by atoms with E-state index < -0.39 is 0 Å². The average molecular weight is 333 g/mol. The number of pyridine rings is 1. The molecule has 0 bridgehead atoms. The van der Waals surface area contributed by atoms with E-state index >= 15 is 0 Å². The lowest BCUT2D eigenvalue weighted by molar-refractivity contribution is 1.09. The zero-order valence-corrected chi connectivity index (χ0v) is 13.1. The maximum atomic E-state index is 4.62. The zero-order chi connectivity index (χ0) is 13.4. The fourth-order valence-corrected chi connectivity index (χ4v) is 3.27. The van der Waals surface area contributed by atoms with Gasteiger partial charge in [0.2, 0.25) is 0 Å². The number of aryl methyl sites for hydroxylation is 1. The Morgan fingerprint density at radius 2 is 1.95 bits per heavy atom. The van der Waals surface area contributed by atoms with E-state index in [0.717, 1.165) is 16.0 Å². The lowest BCUT2D eigenvalue weighted by Crippen LogP contribution is -2.11. The van der Waals surface area contributed by atoms with Crippen LogP contribution in [0, 0.1) is 6.92 Å². The Kier molecular flexibility index (Phi) is 3.29. The van der Waals surface area contributed by atoms with Gasteiger partial charge in [-0.15, -0.1) is 11.3 Å².